The predicted molar refractivity (Wildman–Crippen MR) is 151 cm³/mol. The van der Waals surface area contributed by atoms with E-state index in [2.05, 4.69) is 11.9 Å². The Bertz CT molecular complexity index is 890. The van der Waals surface area contributed by atoms with Gasteiger partial charge in [-0.25, -0.2) is 4.79 Å². The molecule has 0 saturated heterocycles. The zero-order valence-corrected chi connectivity index (χ0v) is 22.7. The van der Waals surface area contributed by atoms with Crippen LogP contribution in [0.1, 0.15) is 128 Å². The topological polar surface area (TPSA) is 64.1 Å². The van der Waals surface area contributed by atoms with E-state index >= 15 is 0 Å². The molecular weight excluding hydrogens is 448 g/mol. The molecule has 2 aromatic rings. The number of aromatic amines is 1. The normalized spacial score (nSPS) is 12.1. The molecule has 1 heterocycles. The summed E-state index contributed by atoms with van der Waals surface area (Å²) in [7, 11) is 0. The van der Waals surface area contributed by atoms with Crippen molar-refractivity contribution in [3.05, 3.63) is 69.0 Å². The van der Waals surface area contributed by atoms with E-state index in [1.807, 2.05) is 30.3 Å². The van der Waals surface area contributed by atoms with Crippen molar-refractivity contribution in [3.63, 3.8) is 0 Å². The second-order valence-corrected chi connectivity index (χ2v) is 10.1. The minimum Gasteiger partial charge on any atom is -0.381 e. The minimum atomic E-state index is -0.380. The third kappa shape index (κ3) is 13.2. The lowest BCUT2D eigenvalue weighted by Crippen LogP contribution is -2.32. The van der Waals surface area contributed by atoms with Crippen LogP contribution in [0.5, 0.6) is 0 Å². The molecule has 1 aromatic carbocycles. The van der Waals surface area contributed by atoms with Crippen LogP contribution in [0.3, 0.4) is 0 Å². The molecule has 1 N–H and O–H groups in total. The van der Waals surface area contributed by atoms with Crippen LogP contribution in [-0.2, 0) is 4.74 Å². The maximum absolute atomic E-state index is 12.3. The van der Waals surface area contributed by atoms with Crippen LogP contribution in [-0.4, -0.2) is 22.8 Å². The molecule has 0 aliphatic rings. The van der Waals surface area contributed by atoms with E-state index in [1.165, 1.54) is 102 Å². The first-order chi connectivity index (χ1) is 17.7. The lowest BCUT2D eigenvalue weighted by atomic mass is 10.0. The highest BCUT2D eigenvalue weighted by atomic mass is 16.5. The van der Waals surface area contributed by atoms with Crippen LogP contribution >= 0.6 is 0 Å². The van der Waals surface area contributed by atoms with Crippen molar-refractivity contribution in [3.8, 4) is 0 Å². The third-order valence-corrected chi connectivity index (χ3v) is 7.05. The molecule has 0 fully saturated rings. The Hall–Kier alpha value is -2.14. The van der Waals surface area contributed by atoms with Crippen molar-refractivity contribution < 1.29 is 4.74 Å². The molecule has 5 heteroatoms. The molecule has 2 rings (SSSR count). The van der Waals surface area contributed by atoms with Gasteiger partial charge in [0, 0.05) is 25.5 Å². The number of rotatable bonds is 22. The Labute approximate surface area is 218 Å². The average molecular weight is 499 g/mol. The molecule has 0 radical (unpaired) electrons. The lowest BCUT2D eigenvalue weighted by Gasteiger charge is -2.20. The summed E-state index contributed by atoms with van der Waals surface area (Å²) >= 11 is 0. The zero-order chi connectivity index (χ0) is 25.7. The smallest absolute Gasteiger partial charge is 0.328 e. The summed E-state index contributed by atoms with van der Waals surface area (Å²) in [6.45, 7) is 3.63. The van der Waals surface area contributed by atoms with E-state index in [0.717, 1.165) is 18.6 Å². The Morgan fingerprint density at radius 1 is 0.694 bits per heavy atom. The van der Waals surface area contributed by atoms with E-state index in [-0.39, 0.29) is 17.3 Å². The van der Waals surface area contributed by atoms with Crippen molar-refractivity contribution in [2.45, 2.75) is 122 Å². The van der Waals surface area contributed by atoms with Crippen molar-refractivity contribution in [2.24, 2.45) is 0 Å². The second-order valence-electron chi connectivity index (χ2n) is 10.1. The molecule has 1 unspecified atom stereocenters. The van der Waals surface area contributed by atoms with Gasteiger partial charge in [0.1, 0.15) is 0 Å². The van der Waals surface area contributed by atoms with E-state index in [4.69, 9.17) is 4.74 Å². The Kier molecular flexibility index (Phi) is 16.7. The van der Waals surface area contributed by atoms with E-state index in [9.17, 15) is 9.59 Å². The number of nitrogens with one attached hydrogen (secondary N) is 1. The van der Waals surface area contributed by atoms with Gasteiger partial charge < -0.3 is 4.74 Å². The molecule has 0 bridgehead atoms. The summed E-state index contributed by atoms with van der Waals surface area (Å²) in [5.41, 5.74) is 0.287. The van der Waals surface area contributed by atoms with E-state index < -0.39 is 0 Å². The van der Waals surface area contributed by atoms with Crippen LogP contribution in [0.2, 0.25) is 0 Å². The fourth-order valence-corrected chi connectivity index (χ4v) is 4.86. The van der Waals surface area contributed by atoms with Crippen molar-refractivity contribution in [2.75, 3.05) is 13.2 Å². The summed E-state index contributed by atoms with van der Waals surface area (Å²) in [4.78, 5) is 26.1. The number of unbranched alkanes of at least 4 members (excludes halogenated alkanes) is 15. The molecule has 0 aliphatic carbocycles. The van der Waals surface area contributed by atoms with Gasteiger partial charge in [0.05, 0.1) is 6.04 Å². The average Bonchev–Trinajstić information content (AvgIpc) is 2.89. The van der Waals surface area contributed by atoms with Gasteiger partial charge in [-0.05, 0) is 18.4 Å². The standard InChI is InChI=1S/C31H50N2O3/c1-2-3-4-5-6-7-8-9-10-11-12-13-14-15-16-20-26-36-27-24-29(28-21-18-17-19-22-28)33-25-23-30(34)32-31(33)35/h17-19,21-23,25,29H,2-16,20,24,26-27H2,1H3,(H,32,34,35). The summed E-state index contributed by atoms with van der Waals surface area (Å²) < 4.78 is 7.49. The first-order valence-electron chi connectivity index (χ1n) is 14.7. The van der Waals surface area contributed by atoms with E-state index in [0.29, 0.717) is 13.0 Å². The van der Waals surface area contributed by atoms with Gasteiger partial charge in [0.2, 0.25) is 0 Å². The number of ether oxygens (including phenoxy) is 1. The van der Waals surface area contributed by atoms with Gasteiger partial charge in [-0.3, -0.25) is 14.3 Å². The van der Waals surface area contributed by atoms with Gasteiger partial charge in [-0.1, -0.05) is 134 Å². The molecule has 0 saturated carbocycles. The highest BCUT2D eigenvalue weighted by Gasteiger charge is 2.15. The zero-order valence-electron chi connectivity index (χ0n) is 22.7. The molecule has 202 valence electrons. The fraction of sp³-hybridized carbons (Fsp3) is 0.677. The Balaban J connectivity index is 1.47. The van der Waals surface area contributed by atoms with Crippen LogP contribution in [0.4, 0.5) is 0 Å². The van der Waals surface area contributed by atoms with Crippen molar-refractivity contribution >= 4 is 0 Å². The first kappa shape index (κ1) is 30.1. The quantitative estimate of drug-likeness (QED) is 0.168. The van der Waals surface area contributed by atoms with E-state index in [1.54, 1.807) is 10.8 Å². The minimum absolute atomic E-state index is 0.152. The third-order valence-electron chi connectivity index (χ3n) is 7.05. The molecule has 5 nitrogen and oxygen atoms in total. The predicted octanol–water partition coefficient (Wildman–Crippen LogP) is 7.79. The second kappa shape index (κ2) is 20.0. The highest BCUT2D eigenvalue weighted by Crippen LogP contribution is 2.20. The van der Waals surface area contributed by atoms with Gasteiger partial charge >= 0.3 is 5.69 Å². The Morgan fingerprint density at radius 3 is 1.75 bits per heavy atom. The molecular formula is C31H50N2O3. The molecule has 1 aromatic heterocycles. The maximum Gasteiger partial charge on any atom is 0.328 e. The molecule has 1 atom stereocenters. The number of benzene rings is 1. The summed E-state index contributed by atoms with van der Waals surface area (Å²) in [6.07, 6.45) is 24.1. The number of aromatic nitrogens is 2. The van der Waals surface area contributed by atoms with Crippen LogP contribution in [0, 0.1) is 0 Å². The lowest BCUT2D eigenvalue weighted by molar-refractivity contribution is 0.120. The molecule has 36 heavy (non-hydrogen) atoms. The maximum atomic E-state index is 12.3. The van der Waals surface area contributed by atoms with Gasteiger partial charge in [-0.15, -0.1) is 0 Å². The van der Waals surface area contributed by atoms with Gasteiger partial charge in [-0.2, -0.15) is 0 Å². The molecule has 0 spiro atoms. The van der Waals surface area contributed by atoms with Crippen LogP contribution in [0.15, 0.2) is 52.2 Å². The number of hydrogen-bond donors (Lipinski definition) is 1. The largest absolute Gasteiger partial charge is 0.381 e. The first-order valence-corrected chi connectivity index (χ1v) is 14.7. The molecule has 0 aliphatic heterocycles. The summed E-state index contributed by atoms with van der Waals surface area (Å²) in [6, 6.07) is 11.2. The number of nitrogens with zero attached hydrogens (tertiary/aromatic N) is 1. The fourth-order valence-electron chi connectivity index (χ4n) is 4.86. The highest BCUT2D eigenvalue weighted by molar-refractivity contribution is 5.20. The van der Waals surface area contributed by atoms with Crippen LogP contribution < -0.4 is 11.2 Å². The van der Waals surface area contributed by atoms with Gasteiger partial charge in [0.15, 0.2) is 0 Å². The summed E-state index contributed by atoms with van der Waals surface area (Å²) in [5, 5.41) is 0. The molecule has 0 amide bonds. The van der Waals surface area contributed by atoms with Crippen molar-refractivity contribution in [1.82, 2.24) is 9.55 Å². The number of H-pyrrole nitrogens is 1. The number of hydrogen-bond acceptors (Lipinski definition) is 3. The van der Waals surface area contributed by atoms with Crippen LogP contribution in [0.25, 0.3) is 0 Å². The van der Waals surface area contributed by atoms with Crippen molar-refractivity contribution in [1.29, 1.82) is 0 Å². The monoisotopic (exact) mass is 498 g/mol. The SMILES string of the molecule is CCCCCCCCCCCCCCCCCCOCCC(c1ccccc1)n1ccc(=O)[nH]c1=O. The Morgan fingerprint density at radius 2 is 1.22 bits per heavy atom. The van der Waals surface area contributed by atoms with Gasteiger partial charge in [0.25, 0.3) is 5.56 Å². The summed E-state index contributed by atoms with van der Waals surface area (Å²) in [5.74, 6) is 0.